The Hall–Kier alpha value is -5.78. The van der Waals surface area contributed by atoms with E-state index in [1.807, 2.05) is 67.6 Å². The molecule has 1 aromatic heterocycles. The van der Waals surface area contributed by atoms with Crippen LogP contribution >= 0.6 is 23.1 Å². The Kier molecular flexibility index (Phi) is 12.1. The number of hydrogen-bond acceptors (Lipinski definition) is 13. The lowest BCUT2D eigenvalue weighted by atomic mass is 9.86. The van der Waals surface area contributed by atoms with E-state index in [9.17, 15) is 27.6 Å². The topological polar surface area (TPSA) is 183 Å². The van der Waals surface area contributed by atoms with E-state index in [0.717, 1.165) is 23.2 Å². The first-order valence-corrected chi connectivity index (χ1v) is 20.1. The predicted molar refractivity (Wildman–Crippen MR) is 206 cm³/mol. The van der Waals surface area contributed by atoms with E-state index in [1.165, 1.54) is 46.3 Å². The number of nitrogens with one attached hydrogen (secondary N) is 2. The highest BCUT2D eigenvalue weighted by atomic mass is 32.2. The normalized spacial score (nSPS) is 19.6. The summed E-state index contributed by atoms with van der Waals surface area (Å²) in [6, 6.07) is 23.4. The highest BCUT2D eigenvalue weighted by Gasteiger charge is 2.57. The van der Waals surface area contributed by atoms with Crippen molar-refractivity contribution in [1.82, 2.24) is 15.2 Å². The van der Waals surface area contributed by atoms with Gasteiger partial charge in [0.25, 0.3) is 5.91 Å². The number of carbonyl (C=O) groups is 4. The fourth-order valence-corrected chi connectivity index (χ4v) is 8.70. The van der Waals surface area contributed by atoms with Gasteiger partial charge in [-0.05, 0) is 36.3 Å². The number of β-lactam (4-membered cyclic amide) rings is 1. The number of thiazole rings is 1. The van der Waals surface area contributed by atoms with Crippen LogP contribution in [0.5, 0.6) is 0 Å². The Morgan fingerprint density at radius 3 is 2.38 bits per heavy atom. The molecule has 6 rings (SSSR count). The summed E-state index contributed by atoms with van der Waals surface area (Å²) in [5.74, 6) is -1.95. The van der Waals surface area contributed by atoms with Gasteiger partial charge in [-0.2, -0.15) is 8.42 Å². The minimum atomic E-state index is -4.25. The highest BCUT2D eigenvalue weighted by Crippen LogP contribution is 2.44. The largest absolute Gasteiger partial charge is 0.452 e. The Morgan fingerprint density at radius 2 is 1.75 bits per heavy atom. The third kappa shape index (κ3) is 8.80. The quantitative estimate of drug-likeness (QED) is 0.0187. The minimum Gasteiger partial charge on any atom is -0.452 e. The van der Waals surface area contributed by atoms with Crippen LogP contribution in [0, 0.1) is 12.3 Å². The fraction of sp³-hybridized carbons (Fsp3) is 0.211. The zero-order valence-corrected chi connectivity index (χ0v) is 31.7. The second kappa shape index (κ2) is 17.1. The van der Waals surface area contributed by atoms with E-state index in [2.05, 4.69) is 27.4 Å². The van der Waals surface area contributed by atoms with Crippen LogP contribution in [-0.4, -0.2) is 78.5 Å². The number of amides is 3. The number of benzene rings is 3. The van der Waals surface area contributed by atoms with Crippen LogP contribution in [0.2, 0.25) is 0 Å². The maximum absolute atomic E-state index is 14.4. The number of oxime groups is 1. The molecular formula is C38H35N5O9S3. The number of ether oxygens (including phenoxy) is 1. The zero-order valence-electron chi connectivity index (χ0n) is 29.3. The first kappa shape index (κ1) is 38.9. The maximum atomic E-state index is 14.4. The Labute approximate surface area is 325 Å². The van der Waals surface area contributed by atoms with Crippen LogP contribution in [0.4, 0.5) is 5.13 Å². The minimum absolute atomic E-state index is 0.00783. The molecule has 2 saturated heterocycles. The summed E-state index contributed by atoms with van der Waals surface area (Å²) in [6.07, 6.45) is 3.30. The predicted octanol–water partition coefficient (Wildman–Crippen LogP) is 4.56. The van der Waals surface area contributed by atoms with E-state index < -0.39 is 50.8 Å². The van der Waals surface area contributed by atoms with Crippen molar-refractivity contribution in [2.24, 2.45) is 10.6 Å². The lowest BCUT2D eigenvalue weighted by Crippen LogP contribution is -2.74. The standard InChI is InChI=1S/C38H35N5O9S3/c1-3-19-50-42-30(29-21-53-37(40-29)39-24-44)33(45)41-31-34(46)43-22-38(23-54-35(31)43,18-20-51-55(48,49)28-16-14-25(2)15-17-28)36(47)52-32(26-10-6-4-7-11-26)27-12-8-5-9-13-27/h3-18,20-21,24,31-32,35H,1,19,22-23H2,2H3,(H,41,45)(H,39,40,44)/t31?,35-,38?/m1/s1. The number of anilines is 1. The Bertz CT molecular complexity index is 2170. The molecule has 55 heavy (non-hydrogen) atoms. The highest BCUT2D eigenvalue weighted by molar-refractivity contribution is 8.00. The molecule has 2 N–H and O–H groups in total. The molecule has 17 heteroatoms. The summed E-state index contributed by atoms with van der Waals surface area (Å²) in [5, 5.41) is 10.1. The number of rotatable bonds is 16. The lowest BCUT2D eigenvalue weighted by molar-refractivity contribution is -0.162. The van der Waals surface area contributed by atoms with E-state index in [0.29, 0.717) is 17.5 Å². The summed E-state index contributed by atoms with van der Waals surface area (Å²) in [4.78, 5) is 63.3. The van der Waals surface area contributed by atoms with E-state index >= 15 is 0 Å². The number of carbonyl (C=O) groups excluding carboxylic acids is 4. The van der Waals surface area contributed by atoms with Crippen molar-refractivity contribution in [2.45, 2.75) is 29.3 Å². The van der Waals surface area contributed by atoms with Gasteiger partial charge in [0.05, 0.1) is 0 Å². The SMILES string of the molecule is C=CCON=C(C(=O)NC1C(=O)N2CC(C=COS(=O)(=O)c3ccc(C)cc3)(C(=O)OC(c3ccccc3)c3ccccc3)CS[C@H]12)c1csc(NC=O)n1. The zero-order chi connectivity index (χ0) is 39.0. The number of esters is 1. The van der Waals surface area contributed by atoms with Crippen LogP contribution in [0.3, 0.4) is 0 Å². The van der Waals surface area contributed by atoms with Crippen LogP contribution in [0.25, 0.3) is 0 Å². The Morgan fingerprint density at radius 1 is 1.07 bits per heavy atom. The van der Waals surface area contributed by atoms with Crippen molar-refractivity contribution in [3.05, 3.63) is 138 Å². The average molecular weight is 802 g/mol. The van der Waals surface area contributed by atoms with Gasteiger partial charge in [-0.1, -0.05) is 96.2 Å². The first-order chi connectivity index (χ1) is 26.5. The van der Waals surface area contributed by atoms with Crippen molar-refractivity contribution in [1.29, 1.82) is 0 Å². The first-order valence-electron chi connectivity index (χ1n) is 16.7. The third-order valence-corrected chi connectivity index (χ3v) is 12.1. The molecule has 3 aromatic carbocycles. The van der Waals surface area contributed by atoms with Gasteiger partial charge >= 0.3 is 16.1 Å². The van der Waals surface area contributed by atoms with Gasteiger partial charge in [0.1, 0.15) is 40.3 Å². The second-order valence-electron chi connectivity index (χ2n) is 12.4. The van der Waals surface area contributed by atoms with Crippen molar-refractivity contribution in [2.75, 3.05) is 24.2 Å². The molecule has 3 heterocycles. The number of aryl methyl sites for hydroxylation is 1. The number of fused-ring (bicyclic) bond motifs is 1. The number of thioether (sulfide) groups is 1. The summed E-state index contributed by atoms with van der Waals surface area (Å²) in [5.41, 5.74) is 0.571. The molecule has 2 aliphatic heterocycles. The summed E-state index contributed by atoms with van der Waals surface area (Å²) in [7, 11) is -4.25. The molecule has 284 valence electrons. The monoisotopic (exact) mass is 801 g/mol. The van der Waals surface area contributed by atoms with Gasteiger partial charge in [-0.3, -0.25) is 19.2 Å². The molecule has 2 unspecified atom stereocenters. The van der Waals surface area contributed by atoms with Crippen LogP contribution < -0.4 is 10.6 Å². The number of nitrogens with zero attached hydrogens (tertiary/aromatic N) is 3. The molecule has 0 bridgehead atoms. The molecule has 4 aromatic rings. The van der Waals surface area contributed by atoms with Crippen molar-refractivity contribution in [3.8, 4) is 0 Å². The molecule has 0 radical (unpaired) electrons. The van der Waals surface area contributed by atoms with Crippen LogP contribution in [0.15, 0.2) is 125 Å². The summed E-state index contributed by atoms with van der Waals surface area (Å²) < 4.78 is 37.6. The van der Waals surface area contributed by atoms with Crippen molar-refractivity contribution >= 4 is 68.3 Å². The number of aromatic nitrogens is 1. The van der Waals surface area contributed by atoms with Crippen LogP contribution in [-0.2, 0) is 43.1 Å². The molecule has 14 nitrogen and oxygen atoms in total. The van der Waals surface area contributed by atoms with Gasteiger partial charge in [0, 0.05) is 17.7 Å². The van der Waals surface area contributed by atoms with Gasteiger partial charge < -0.3 is 29.3 Å². The van der Waals surface area contributed by atoms with Crippen molar-refractivity contribution < 1.29 is 41.4 Å². The van der Waals surface area contributed by atoms with E-state index in [4.69, 9.17) is 13.8 Å². The smallest absolute Gasteiger partial charge is 0.338 e. The van der Waals surface area contributed by atoms with Crippen molar-refractivity contribution in [3.63, 3.8) is 0 Å². The molecule has 2 fully saturated rings. The fourth-order valence-electron chi connectivity index (χ4n) is 5.76. The molecule has 0 spiro atoms. The summed E-state index contributed by atoms with van der Waals surface area (Å²) >= 11 is 2.26. The second-order valence-corrected chi connectivity index (χ2v) is 15.9. The van der Waals surface area contributed by atoms with Gasteiger partial charge in [-0.25, -0.2) is 4.98 Å². The third-order valence-electron chi connectivity index (χ3n) is 8.60. The molecular weight excluding hydrogens is 767 g/mol. The van der Waals surface area contributed by atoms with E-state index in [-0.39, 0.29) is 40.3 Å². The van der Waals surface area contributed by atoms with Gasteiger partial charge in [0.15, 0.2) is 16.9 Å². The summed E-state index contributed by atoms with van der Waals surface area (Å²) in [6.45, 7) is 5.17. The molecule has 3 amide bonds. The molecule has 0 saturated carbocycles. The number of hydrogen-bond donors (Lipinski definition) is 2. The molecule has 0 aliphatic carbocycles. The van der Waals surface area contributed by atoms with Crippen LogP contribution in [0.1, 0.15) is 28.5 Å². The molecule has 2 aliphatic rings. The van der Waals surface area contributed by atoms with E-state index in [1.54, 1.807) is 12.1 Å². The molecule has 3 atom stereocenters. The van der Waals surface area contributed by atoms with Gasteiger partial charge in [0.2, 0.25) is 12.3 Å². The lowest BCUT2D eigenvalue weighted by Gasteiger charge is -2.53. The maximum Gasteiger partial charge on any atom is 0.338 e. The Balaban J connectivity index is 1.25. The van der Waals surface area contributed by atoms with Gasteiger partial charge in [-0.15, -0.1) is 23.1 Å². The average Bonchev–Trinajstić information content (AvgIpc) is 3.66.